The molecule has 0 bridgehead atoms. The summed E-state index contributed by atoms with van der Waals surface area (Å²) in [5, 5.41) is 0. The molecular formula is C18H35N. The van der Waals surface area contributed by atoms with Crippen LogP contribution in [0, 0.1) is 17.8 Å². The van der Waals surface area contributed by atoms with Gasteiger partial charge in [0.15, 0.2) is 0 Å². The summed E-state index contributed by atoms with van der Waals surface area (Å²) in [6.45, 7) is 8.96. The summed E-state index contributed by atoms with van der Waals surface area (Å²) in [4.78, 5) is 2.78. The van der Waals surface area contributed by atoms with Crippen molar-refractivity contribution in [3.05, 3.63) is 0 Å². The molecule has 2 rings (SSSR count). The predicted octanol–water partition coefficient (Wildman–Crippen LogP) is 5.11. The molecule has 0 N–H and O–H groups in total. The van der Waals surface area contributed by atoms with Crippen LogP contribution in [0.4, 0.5) is 0 Å². The molecule has 2 unspecified atom stereocenters. The predicted molar refractivity (Wildman–Crippen MR) is 84.4 cm³/mol. The number of hydrogen-bond donors (Lipinski definition) is 0. The van der Waals surface area contributed by atoms with Crippen molar-refractivity contribution in [3.8, 4) is 0 Å². The molecule has 0 spiro atoms. The number of nitrogens with zero attached hydrogens (tertiary/aromatic N) is 1. The van der Waals surface area contributed by atoms with Gasteiger partial charge in [-0.1, -0.05) is 52.4 Å². The summed E-state index contributed by atoms with van der Waals surface area (Å²) in [7, 11) is 0. The van der Waals surface area contributed by atoms with Crippen molar-refractivity contribution < 1.29 is 0 Å². The maximum atomic E-state index is 2.78. The Bertz CT molecular complexity index is 238. The molecule has 0 aromatic heterocycles. The summed E-state index contributed by atoms with van der Waals surface area (Å²) in [5.41, 5.74) is 0. The smallest absolute Gasteiger partial charge is 0.00102 e. The van der Waals surface area contributed by atoms with Gasteiger partial charge in [0.05, 0.1) is 0 Å². The first-order valence-electron chi connectivity index (χ1n) is 9.00. The third-order valence-corrected chi connectivity index (χ3v) is 5.41. The normalized spacial score (nSPS) is 32.2. The van der Waals surface area contributed by atoms with E-state index in [1.165, 1.54) is 83.8 Å². The fourth-order valence-corrected chi connectivity index (χ4v) is 4.21. The lowest BCUT2D eigenvalue weighted by Gasteiger charge is -2.20. The van der Waals surface area contributed by atoms with Crippen LogP contribution in [-0.2, 0) is 0 Å². The highest BCUT2D eigenvalue weighted by molar-refractivity contribution is 4.81. The number of hydrogen-bond acceptors (Lipinski definition) is 1. The molecule has 19 heavy (non-hydrogen) atoms. The van der Waals surface area contributed by atoms with E-state index in [4.69, 9.17) is 0 Å². The standard InChI is InChI=1S/C18H35N/c1-3-4-5-6-7-8-17-11-12-19(14-17)15-18-10-9-16(2)13-18/h16-18H,3-15H2,1-2H3/t16-,17?,18?/m1/s1. The maximum absolute atomic E-state index is 2.78. The molecule has 0 radical (unpaired) electrons. The van der Waals surface area contributed by atoms with Crippen molar-refractivity contribution in [1.29, 1.82) is 0 Å². The van der Waals surface area contributed by atoms with Crippen molar-refractivity contribution in [3.63, 3.8) is 0 Å². The molecule has 1 aliphatic heterocycles. The topological polar surface area (TPSA) is 3.24 Å². The number of likely N-dealkylation sites (tertiary alicyclic amines) is 1. The van der Waals surface area contributed by atoms with Gasteiger partial charge in [-0.15, -0.1) is 0 Å². The fraction of sp³-hybridized carbons (Fsp3) is 1.00. The van der Waals surface area contributed by atoms with E-state index in [0.717, 1.165) is 17.8 Å². The van der Waals surface area contributed by atoms with Crippen LogP contribution >= 0.6 is 0 Å². The highest BCUT2D eigenvalue weighted by Crippen LogP contribution is 2.32. The van der Waals surface area contributed by atoms with E-state index in [2.05, 4.69) is 18.7 Å². The third kappa shape index (κ3) is 5.45. The molecule has 0 aromatic rings. The van der Waals surface area contributed by atoms with E-state index in [0.29, 0.717) is 0 Å². The molecular weight excluding hydrogens is 230 g/mol. The monoisotopic (exact) mass is 265 g/mol. The molecule has 0 aromatic carbocycles. The number of rotatable bonds is 8. The Balaban J connectivity index is 1.53. The van der Waals surface area contributed by atoms with Gasteiger partial charge in [0, 0.05) is 13.1 Å². The summed E-state index contributed by atoms with van der Waals surface area (Å²) >= 11 is 0. The lowest BCUT2D eigenvalue weighted by Crippen LogP contribution is -2.26. The minimum absolute atomic E-state index is 1.00. The Morgan fingerprint density at radius 2 is 1.79 bits per heavy atom. The first-order valence-corrected chi connectivity index (χ1v) is 9.00. The highest BCUT2D eigenvalue weighted by atomic mass is 15.1. The fourth-order valence-electron chi connectivity index (χ4n) is 4.21. The van der Waals surface area contributed by atoms with E-state index in [9.17, 15) is 0 Å². The lowest BCUT2D eigenvalue weighted by molar-refractivity contribution is 0.265. The van der Waals surface area contributed by atoms with Gasteiger partial charge in [-0.3, -0.25) is 0 Å². The van der Waals surface area contributed by atoms with Crippen LogP contribution in [0.5, 0.6) is 0 Å². The lowest BCUT2D eigenvalue weighted by atomic mass is 10.00. The number of unbranched alkanes of at least 4 members (excludes halogenated alkanes) is 4. The van der Waals surface area contributed by atoms with Gasteiger partial charge in [-0.05, 0) is 50.0 Å². The third-order valence-electron chi connectivity index (χ3n) is 5.41. The van der Waals surface area contributed by atoms with Crippen LogP contribution in [-0.4, -0.2) is 24.5 Å². The first kappa shape index (κ1) is 15.4. The molecule has 0 amide bonds. The minimum Gasteiger partial charge on any atom is -0.303 e. The summed E-state index contributed by atoms with van der Waals surface area (Å²) in [5.74, 6) is 3.06. The Kier molecular flexibility index (Phi) is 6.70. The van der Waals surface area contributed by atoms with Crippen molar-refractivity contribution in [2.75, 3.05) is 19.6 Å². The van der Waals surface area contributed by atoms with Crippen LogP contribution in [0.25, 0.3) is 0 Å². The van der Waals surface area contributed by atoms with Gasteiger partial charge < -0.3 is 4.90 Å². The zero-order valence-electron chi connectivity index (χ0n) is 13.4. The zero-order chi connectivity index (χ0) is 13.5. The molecule has 1 saturated carbocycles. The molecule has 1 saturated heterocycles. The Morgan fingerprint density at radius 3 is 2.53 bits per heavy atom. The van der Waals surface area contributed by atoms with Gasteiger partial charge in [0.25, 0.3) is 0 Å². The van der Waals surface area contributed by atoms with Gasteiger partial charge in [0.2, 0.25) is 0 Å². The molecule has 1 nitrogen and oxygen atoms in total. The highest BCUT2D eigenvalue weighted by Gasteiger charge is 2.27. The second kappa shape index (κ2) is 8.29. The van der Waals surface area contributed by atoms with Gasteiger partial charge >= 0.3 is 0 Å². The second-order valence-electron chi connectivity index (χ2n) is 7.40. The van der Waals surface area contributed by atoms with Gasteiger partial charge in [-0.2, -0.15) is 0 Å². The minimum atomic E-state index is 1.00. The molecule has 2 aliphatic rings. The quantitative estimate of drug-likeness (QED) is 0.552. The Morgan fingerprint density at radius 1 is 0.947 bits per heavy atom. The van der Waals surface area contributed by atoms with Gasteiger partial charge in [-0.25, -0.2) is 0 Å². The van der Waals surface area contributed by atoms with E-state index >= 15 is 0 Å². The summed E-state index contributed by atoms with van der Waals surface area (Å²) < 4.78 is 0. The van der Waals surface area contributed by atoms with Crippen molar-refractivity contribution in [2.24, 2.45) is 17.8 Å². The first-order chi connectivity index (χ1) is 9.28. The van der Waals surface area contributed by atoms with Crippen LogP contribution in [0.1, 0.15) is 78.1 Å². The van der Waals surface area contributed by atoms with Crippen LogP contribution in [0.2, 0.25) is 0 Å². The van der Waals surface area contributed by atoms with Crippen molar-refractivity contribution >= 4 is 0 Å². The molecule has 2 fully saturated rings. The Hall–Kier alpha value is -0.0400. The Labute approximate surface area is 121 Å². The van der Waals surface area contributed by atoms with E-state index in [-0.39, 0.29) is 0 Å². The molecule has 1 heterocycles. The molecule has 112 valence electrons. The van der Waals surface area contributed by atoms with E-state index < -0.39 is 0 Å². The molecule has 3 atom stereocenters. The molecule has 1 heteroatoms. The van der Waals surface area contributed by atoms with Crippen LogP contribution in [0.15, 0.2) is 0 Å². The van der Waals surface area contributed by atoms with E-state index in [1.807, 2.05) is 0 Å². The maximum Gasteiger partial charge on any atom is 0.00102 e. The largest absolute Gasteiger partial charge is 0.303 e. The van der Waals surface area contributed by atoms with Crippen molar-refractivity contribution in [1.82, 2.24) is 4.90 Å². The van der Waals surface area contributed by atoms with E-state index in [1.54, 1.807) is 0 Å². The zero-order valence-corrected chi connectivity index (χ0v) is 13.4. The van der Waals surface area contributed by atoms with Crippen LogP contribution in [0.3, 0.4) is 0 Å². The molecule has 1 aliphatic carbocycles. The van der Waals surface area contributed by atoms with Crippen molar-refractivity contribution in [2.45, 2.75) is 78.1 Å². The average molecular weight is 265 g/mol. The summed E-state index contributed by atoms with van der Waals surface area (Å²) in [6, 6.07) is 0. The van der Waals surface area contributed by atoms with Gasteiger partial charge in [0.1, 0.15) is 0 Å². The average Bonchev–Trinajstić information content (AvgIpc) is 2.99. The van der Waals surface area contributed by atoms with Crippen LogP contribution < -0.4 is 0 Å². The second-order valence-corrected chi connectivity index (χ2v) is 7.40. The summed E-state index contributed by atoms with van der Waals surface area (Å²) in [6.07, 6.45) is 14.7. The SMILES string of the molecule is CCCCCCCC1CCN(CC2CC[C@@H](C)C2)C1.